The topological polar surface area (TPSA) is 39.1 Å². The van der Waals surface area contributed by atoms with Gasteiger partial charge in [0, 0.05) is 29.6 Å². The molecule has 1 aromatic rings. The summed E-state index contributed by atoms with van der Waals surface area (Å²) in [7, 11) is 0. The van der Waals surface area contributed by atoms with Crippen LogP contribution in [0.25, 0.3) is 0 Å². The predicted octanol–water partition coefficient (Wildman–Crippen LogP) is 2.92. The average molecular weight is 308 g/mol. The van der Waals surface area contributed by atoms with Gasteiger partial charge in [-0.3, -0.25) is 0 Å². The Morgan fingerprint density at radius 3 is 3.00 bits per heavy atom. The van der Waals surface area contributed by atoms with Crippen LogP contribution in [0, 0.1) is 11.3 Å². The van der Waals surface area contributed by atoms with Gasteiger partial charge >= 0.3 is 0 Å². The van der Waals surface area contributed by atoms with Crippen LogP contribution < -0.4 is 10.2 Å². The maximum absolute atomic E-state index is 8.89. The van der Waals surface area contributed by atoms with Gasteiger partial charge < -0.3 is 10.2 Å². The van der Waals surface area contributed by atoms with E-state index in [2.05, 4.69) is 57.3 Å². The largest absolute Gasteiger partial charge is 0.369 e. The molecule has 0 bridgehead atoms. The molecule has 2 atom stereocenters. The number of rotatable bonds is 2. The highest BCUT2D eigenvalue weighted by molar-refractivity contribution is 9.10. The summed E-state index contributed by atoms with van der Waals surface area (Å²) in [6, 6.07) is 11.3. The minimum Gasteiger partial charge on any atom is -0.369 e. The van der Waals surface area contributed by atoms with Gasteiger partial charge in [-0.1, -0.05) is 12.1 Å². The first-order valence-electron chi connectivity index (χ1n) is 6.33. The first kappa shape index (κ1) is 13.4. The molecule has 2 unspecified atom stereocenters. The highest BCUT2D eigenvalue weighted by Gasteiger charge is 2.22. The van der Waals surface area contributed by atoms with Gasteiger partial charge in [0.15, 0.2) is 0 Å². The molecule has 0 aliphatic carbocycles. The lowest BCUT2D eigenvalue weighted by atomic mass is 10.2. The number of nitriles is 1. The van der Waals surface area contributed by atoms with Crippen LogP contribution in [0.2, 0.25) is 0 Å². The molecule has 2 rings (SSSR count). The first-order chi connectivity index (χ1) is 8.70. The molecule has 18 heavy (non-hydrogen) atoms. The Bertz CT molecular complexity index is 441. The second kappa shape index (κ2) is 6.21. The molecule has 0 aromatic heterocycles. The molecule has 1 heterocycles. The quantitative estimate of drug-likeness (QED) is 0.913. The Balaban J connectivity index is 2.17. The summed E-state index contributed by atoms with van der Waals surface area (Å²) in [6.45, 7) is 4.10. The Morgan fingerprint density at radius 1 is 1.50 bits per heavy atom. The lowest BCUT2D eigenvalue weighted by Gasteiger charge is -2.26. The molecule has 1 saturated heterocycles. The molecule has 4 heteroatoms. The van der Waals surface area contributed by atoms with Crippen LogP contribution in [0.5, 0.6) is 0 Å². The fourth-order valence-corrected chi connectivity index (χ4v) is 2.94. The van der Waals surface area contributed by atoms with Gasteiger partial charge in [0.2, 0.25) is 0 Å². The van der Waals surface area contributed by atoms with E-state index in [1.54, 1.807) is 0 Å². The molecule has 1 aliphatic heterocycles. The molecule has 96 valence electrons. The molecule has 0 amide bonds. The van der Waals surface area contributed by atoms with Crippen molar-refractivity contribution < 1.29 is 0 Å². The lowest BCUT2D eigenvalue weighted by Crippen LogP contribution is -2.40. The molecule has 1 aliphatic rings. The molecule has 0 spiro atoms. The zero-order chi connectivity index (χ0) is 13.0. The van der Waals surface area contributed by atoms with Crippen molar-refractivity contribution in [3.8, 4) is 6.07 Å². The van der Waals surface area contributed by atoms with E-state index in [0.717, 1.165) is 24.0 Å². The smallest absolute Gasteiger partial charge is 0.0638 e. The SMILES string of the molecule is CC1CCN(c2ccccc2Br)CC(CC#N)N1. The summed E-state index contributed by atoms with van der Waals surface area (Å²) < 4.78 is 1.12. The molecule has 0 radical (unpaired) electrons. The monoisotopic (exact) mass is 307 g/mol. The first-order valence-corrected chi connectivity index (χ1v) is 7.12. The summed E-state index contributed by atoms with van der Waals surface area (Å²) in [6.07, 6.45) is 1.66. The molecular weight excluding hydrogens is 290 g/mol. The van der Waals surface area contributed by atoms with Gasteiger partial charge in [-0.2, -0.15) is 5.26 Å². The van der Waals surface area contributed by atoms with Gasteiger partial charge in [-0.25, -0.2) is 0 Å². The summed E-state index contributed by atoms with van der Waals surface area (Å²) in [4.78, 5) is 2.36. The van der Waals surface area contributed by atoms with Crippen molar-refractivity contribution in [1.29, 1.82) is 5.26 Å². The number of anilines is 1. The van der Waals surface area contributed by atoms with Gasteiger partial charge in [0.1, 0.15) is 0 Å². The summed E-state index contributed by atoms with van der Waals surface area (Å²) in [5.41, 5.74) is 1.22. The number of nitrogens with one attached hydrogen (secondary N) is 1. The number of nitrogens with zero attached hydrogens (tertiary/aromatic N) is 2. The van der Waals surface area contributed by atoms with Crippen LogP contribution in [0.3, 0.4) is 0 Å². The van der Waals surface area contributed by atoms with Crippen molar-refractivity contribution in [3.63, 3.8) is 0 Å². The molecule has 3 nitrogen and oxygen atoms in total. The van der Waals surface area contributed by atoms with Crippen molar-refractivity contribution in [3.05, 3.63) is 28.7 Å². The molecule has 1 aromatic carbocycles. The van der Waals surface area contributed by atoms with Crippen LogP contribution in [0.1, 0.15) is 19.8 Å². The van der Waals surface area contributed by atoms with E-state index < -0.39 is 0 Å². The van der Waals surface area contributed by atoms with E-state index >= 15 is 0 Å². The van der Waals surface area contributed by atoms with Crippen molar-refractivity contribution in [2.45, 2.75) is 31.8 Å². The van der Waals surface area contributed by atoms with E-state index in [9.17, 15) is 0 Å². The Labute approximate surface area is 117 Å². The number of para-hydroxylation sites is 1. The third kappa shape index (κ3) is 3.24. The van der Waals surface area contributed by atoms with Gasteiger partial charge in [-0.15, -0.1) is 0 Å². The van der Waals surface area contributed by atoms with Crippen LogP contribution in [-0.2, 0) is 0 Å². The number of benzene rings is 1. The second-order valence-corrected chi connectivity index (χ2v) is 5.67. The lowest BCUT2D eigenvalue weighted by molar-refractivity contribution is 0.473. The normalized spacial score (nSPS) is 24.4. The minimum atomic E-state index is 0.250. The minimum absolute atomic E-state index is 0.250. The highest BCUT2D eigenvalue weighted by atomic mass is 79.9. The zero-order valence-electron chi connectivity index (χ0n) is 10.6. The molecule has 0 saturated carbocycles. The second-order valence-electron chi connectivity index (χ2n) is 4.81. The fraction of sp³-hybridized carbons (Fsp3) is 0.500. The third-order valence-corrected chi connectivity index (χ3v) is 3.99. The standard InChI is InChI=1S/C14H18BrN3/c1-11-7-9-18(10-12(17-11)6-8-16)14-5-3-2-4-13(14)15/h2-5,11-12,17H,6-7,9-10H2,1H3. The predicted molar refractivity (Wildman–Crippen MR) is 77.6 cm³/mol. The summed E-state index contributed by atoms with van der Waals surface area (Å²) >= 11 is 3.60. The summed E-state index contributed by atoms with van der Waals surface area (Å²) in [5, 5.41) is 12.4. The van der Waals surface area contributed by atoms with E-state index in [0.29, 0.717) is 12.5 Å². The van der Waals surface area contributed by atoms with Crippen molar-refractivity contribution in [2.75, 3.05) is 18.0 Å². The Hall–Kier alpha value is -1.05. The van der Waals surface area contributed by atoms with Crippen LogP contribution in [0.4, 0.5) is 5.69 Å². The van der Waals surface area contributed by atoms with E-state index in [4.69, 9.17) is 5.26 Å². The van der Waals surface area contributed by atoms with E-state index in [1.165, 1.54) is 5.69 Å². The molecular formula is C14H18BrN3. The zero-order valence-corrected chi connectivity index (χ0v) is 12.2. The Kier molecular flexibility index (Phi) is 4.62. The third-order valence-electron chi connectivity index (χ3n) is 3.32. The average Bonchev–Trinajstić information content (AvgIpc) is 2.52. The molecule has 1 fully saturated rings. The van der Waals surface area contributed by atoms with Gasteiger partial charge in [0.05, 0.1) is 18.2 Å². The van der Waals surface area contributed by atoms with Crippen molar-refractivity contribution in [1.82, 2.24) is 5.32 Å². The van der Waals surface area contributed by atoms with Crippen LogP contribution in [-0.4, -0.2) is 25.2 Å². The highest BCUT2D eigenvalue weighted by Crippen LogP contribution is 2.27. The summed E-state index contributed by atoms with van der Waals surface area (Å²) in [5.74, 6) is 0. The van der Waals surface area contributed by atoms with Gasteiger partial charge in [0.25, 0.3) is 0 Å². The van der Waals surface area contributed by atoms with Crippen molar-refractivity contribution in [2.24, 2.45) is 0 Å². The van der Waals surface area contributed by atoms with Crippen molar-refractivity contribution >= 4 is 21.6 Å². The molecule has 1 N–H and O–H groups in total. The van der Waals surface area contributed by atoms with E-state index in [-0.39, 0.29) is 6.04 Å². The number of hydrogen-bond donors (Lipinski definition) is 1. The maximum atomic E-state index is 8.89. The Morgan fingerprint density at radius 2 is 2.28 bits per heavy atom. The number of halogens is 1. The maximum Gasteiger partial charge on any atom is 0.0638 e. The number of hydrogen-bond acceptors (Lipinski definition) is 3. The van der Waals surface area contributed by atoms with Crippen LogP contribution in [0.15, 0.2) is 28.7 Å². The van der Waals surface area contributed by atoms with E-state index in [1.807, 2.05) is 6.07 Å². The van der Waals surface area contributed by atoms with Crippen LogP contribution >= 0.6 is 15.9 Å². The van der Waals surface area contributed by atoms with Gasteiger partial charge in [-0.05, 0) is 41.4 Å². The fourth-order valence-electron chi connectivity index (χ4n) is 2.41.